The van der Waals surface area contributed by atoms with Gasteiger partial charge in [-0.3, -0.25) is 4.90 Å². The lowest BCUT2D eigenvalue weighted by Gasteiger charge is -2.43. The summed E-state index contributed by atoms with van der Waals surface area (Å²) in [6.45, 7) is 3.38. The SMILES string of the molecule is OCCC1(Nc2ccccc2)CCN(Cc2ccccc2)CC1. The summed E-state index contributed by atoms with van der Waals surface area (Å²) in [5, 5.41) is 13.2. The molecule has 0 spiro atoms. The van der Waals surface area contributed by atoms with Crippen LogP contribution in [0.5, 0.6) is 0 Å². The summed E-state index contributed by atoms with van der Waals surface area (Å²) in [5.41, 5.74) is 2.54. The fourth-order valence-electron chi connectivity index (χ4n) is 3.46. The van der Waals surface area contributed by atoms with Gasteiger partial charge in [-0.2, -0.15) is 0 Å². The molecule has 0 bridgehead atoms. The first-order valence-corrected chi connectivity index (χ1v) is 8.50. The number of likely N-dealkylation sites (tertiary alicyclic amines) is 1. The Morgan fingerprint density at radius 2 is 1.52 bits per heavy atom. The van der Waals surface area contributed by atoms with Gasteiger partial charge in [-0.1, -0.05) is 48.5 Å². The molecule has 0 aromatic heterocycles. The van der Waals surface area contributed by atoms with Gasteiger partial charge in [0, 0.05) is 37.5 Å². The van der Waals surface area contributed by atoms with Crippen LogP contribution in [0.1, 0.15) is 24.8 Å². The van der Waals surface area contributed by atoms with Gasteiger partial charge in [0.25, 0.3) is 0 Å². The van der Waals surface area contributed by atoms with Gasteiger partial charge in [0.2, 0.25) is 0 Å². The predicted molar refractivity (Wildman–Crippen MR) is 95.5 cm³/mol. The maximum atomic E-state index is 9.51. The molecule has 3 nitrogen and oxygen atoms in total. The van der Waals surface area contributed by atoms with Crippen LogP contribution in [0.4, 0.5) is 5.69 Å². The van der Waals surface area contributed by atoms with Gasteiger partial charge in [-0.25, -0.2) is 0 Å². The zero-order valence-electron chi connectivity index (χ0n) is 13.6. The van der Waals surface area contributed by atoms with Crippen molar-refractivity contribution in [3.8, 4) is 0 Å². The number of nitrogens with zero attached hydrogens (tertiary/aromatic N) is 1. The number of nitrogens with one attached hydrogen (secondary N) is 1. The van der Waals surface area contributed by atoms with Crippen molar-refractivity contribution in [2.45, 2.75) is 31.3 Å². The van der Waals surface area contributed by atoms with E-state index in [1.807, 2.05) is 6.07 Å². The van der Waals surface area contributed by atoms with Gasteiger partial charge in [0.05, 0.1) is 0 Å². The number of aliphatic hydroxyl groups excluding tert-OH is 1. The summed E-state index contributed by atoms with van der Waals surface area (Å²) in [7, 11) is 0. The average molecular weight is 310 g/mol. The Hall–Kier alpha value is -1.84. The quantitative estimate of drug-likeness (QED) is 0.857. The van der Waals surface area contributed by atoms with E-state index in [1.165, 1.54) is 5.56 Å². The lowest BCUT2D eigenvalue weighted by molar-refractivity contribution is 0.142. The van der Waals surface area contributed by atoms with Crippen molar-refractivity contribution in [3.05, 3.63) is 66.2 Å². The molecular formula is C20H26N2O. The van der Waals surface area contributed by atoms with Gasteiger partial charge in [0.1, 0.15) is 0 Å². The van der Waals surface area contributed by atoms with E-state index >= 15 is 0 Å². The zero-order chi connectivity index (χ0) is 16.0. The van der Waals surface area contributed by atoms with E-state index in [0.29, 0.717) is 0 Å². The second-order valence-corrected chi connectivity index (χ2v) is 6.51. The Labute approximate surface area is 139 Å². The fraction of sp³-hybridized carbons (Fsp3) is 0.400. The fourth-order valence-corrected chi connectivity index (χ4v) is 3.46. The summed E-state index contributed by atoms with van der Waals surface area (Å²) in [6.07, 6.45) is 2.94. The molecule has 122 valence electrons. The second kappa shape index (κ2) is 7.62. The molecule has 1 aliphatic heterocycles. The molecule has 0 unspecified atom stereocenters. The molecule has 0 amide bonds. The van der Waals surface area contributed by atoms with Crippen LogP contribution in [0.15, 0.2) is 60.7 Å². The van der Waals surface area contributed by atoms with Crippen molar-refractivity contribution >= 4 is 5.69 Å². The summed E-state index contributed by atoms with van der Waals surface area (Å²) in [5.74, 6) is 0. The number of hydrogen-bond donors (Lipinski definition) is 2. The lowest BCUT2D eigenvalue weighted by atomic mass is 9.84. The van der Waals surface area contributed by atoms with E-state index in [4.69, 9.17) is 0 Å². The molecule has 1 heterocycles. The summed E-state index contributed by atoms with van der Waals surface area (Å²) >= 11 is 0. The van der Waals surface area contributed by atoms with E-state index in [2.05, 4.69) is 64.8 Å². The number of aliphatic hydroxyl groups is 1. The summed E-state index contributed by atoms with van der Waals surface area (Å²) in [4.78, 5) is 2.51. The molecule has 2 aromatic carbocycles. The highest BCUT2D eigenvalue weighted by Crippen LogP contribution is 2.30. The largest absolute Gasteiger partial charge is 0.396 e. The van der Waals surface area contributed by atoms with Crippen LogP contribution in [0.2, 0.25) is 0 Å². The minimum Gasteiger partial charge on any atom is -0.396 e. The van der Waals surface area contributed by atoms with Crippen LogP contribution in [0.3, 0.4) is 0 Å². The molecule has 0 aliphatic carbocycles. The van der Waals surface area contributed by atoms with Crippen molar-refractivity contribution in [1.29, 1.82) is 0 Å². The monoisotopic (exact) mass is 310 g/mol. The Kier molecular flexibility index (Phi) is 5.31. The van der Waals surface area contributed by atoms with Gasteiger partial charge in [-0.15, -0.1) is 0 Å². The lowest BCUT2D eigenvalue weighted by Crippen LogP contribution is -2.49. The highest BCUT2D eigenvalue weighted by atomic mass is 16.3. The number of benzene rings is 2. The maximum Gasteiger partial charge on any atom is 0.0453 e. The molecule has 3 heteroatoms. The standard InChI is InChI=1S/C20H26N2O/c23-16-13-20(21-19-9-5-2-6-10-19)11-14-22(15-12-20)17-18-7-3-1-4-8-18/h1-10,21,23H,11-17H2. The van der Waals surface area contributed by atoms with Crippen molar-refractivity contribution < 1.29 is 5.11 Å². The van der Waals surface area contributed by atoms with Crippen LogP contribution < -0.4 is 5.32 Å². The molecule has 0 radical (unpaired) electrons. The molecule has 0 atom stereocenters. The van der Waals surface area contributed by atoms with Gasteiger partial charge in [-0.05, 0) is 37.0 Å². The van der Waals surface area contributed by atoms with E-state index in [0.717, 1.165) is 44.6 Å². The van der Waals surface area contributed by atoms with Gasteiger partial charge in [0.15, 0.2) is 0 Å². The first-order valence-electron chi connectivity index (χ1n) is 8.50. The number of para-hydroxylation sites is 1. The van der Waals surface area contributed by atoms with E-state index in [1.54, 1.807) is 0 Å². The van der Waals surface area contributed by atoms with Crippen molar-refractivity contribution in [1.82, 2.24) is 4.90 Å². The third kappa shape index (κ3) is 4.34. The Morgan fingerprint density at radius 1 is 0.913 bits per heavy atom. The first kappa shape index (κ1) is 16.0. The van der Waals surface area contributed by atoms with Crippen LogP contribution >= 0.6 is 0 Å². The Balaban J connectivity index is 1.61. The zero-order valence-corrected chi connectivity index (χ0v) is 13.6. The molecule has 2 aromatic rings. The normalized spacial score (nSPS) is 17.8. The molecular weight excluding hydrogens is 284 g/mol. The first-order chi connectivity index (χ1) is 11.3. The molecule has 2 N–H and O–H groups in total. The molecule has 3 rings (SSSR count). The second-order valence-electron chi connectivity index (χ2n) is 6.51. The average Bonchev–Trinajstić information content (AvgIpc) is 2.59. The molecule has 1 aliphatic rings. The Morgan fingerprint density at radius 3 is 2.13 bits per heavy atom. The molecule has 23 heavy (non-hydrogen) atoms. The highest BCUT2D eigenvalue weighted by Gasteiger charge is 2.33. The van der Waals surface area contributed by atoms with Crippen LogP contribution in [0.25, 0.3) is 0 Å². The number of rotatable bonds is 6. The van der Waals surface area contributed by atoms with Crippen LogP contribution in [0, 0.1) is 0 Å². The van der Waals surface area contributed by atoms with Crippen molar-refractivity contribution in [2.75, 3.05) is 25.0 Å². The molecule has 1 fully saturated rings. The number of anilines is 1. The topological polar surface area (TPSA) is 35.5 Å². The van der Waals surface area contributed by atoms with E-state index < -0.39 is 0 Å². The van der Waals surface area contributed by atoms with Gasteiger partial charge < -0.3 is 10.4 Å². The third-order valence-electron chi connectivity index (χ3n) is 4.84. The van der Waals surface area contributed by atoms with Crippen LogP contribution in [-0.4, -0.2) is 35.2 Å². The van der Waals surface area contributed by atoms with Gasteiger partial charge >= 0.3 is 0 Å². The number of piperidine rings is 1. The van der Waals surface area contributed by atoms with E-state index in [9.17, 15) is 5.11 Å². The minimum atomic E-state index is 0.0172. The van der Waals surface area contributed by atoms with Crippen LogP contribution in [-0.2, 0) is 6.54 Å². The molecule has 0 saturated carbocycles. The third-order valence-corrected chi connectivity index (χ3v) is 4.84. The summed E-state index contributed by atoms with van der Waals surface area (Å²) < 4.78 is 0. The summed E-state index contributed by atoms with van der Waals surface area (Å²) in [6, 6.07) is 21.0. The Bertz CT molecular complexity index is 577. The number of hydrogen-bond acceptors (Lipinski definition) is 3. The van der Waals surface area contributed by atoms with Crippen molar-refractivity contribution in [2.24, 2.45) is 0 Å². The minimum absolute atomic E-state index is 0.0172. The smallest absolute Gasteiger partial charge is 0.0453 e. The predicted octanol–water partition coefficient (Wildman–Crippen LogP) is 3.52. The highest BCUT2D eigenvalue weighted by molar-refractivity contribution is 5.45. The van der Waals surface area contributed by atoms with E-state index in [-0.39, 0.29) is 12.1 Å². The molecule has 1 saturated heterocycles. The maximum absolute atomic E-state index is 9.51. The van der Waals surface area contributed by atoms with Crippen molar-refractivity contribution in [3.63, 3.8) is 0 Å².